The molecule has 5 nitrogen and oxygen atoms in total. The van der Waals surface area contributed by atoms with Crippen molar-refractivity contribution in [1.82, 2.24) is 4.90 Å². The lowest BCUT2D eigenvalue weighted by Crippen LogP contribution is -2.26. The van der Waals surface area contributed by atoms with Crippen LogP contribution >= 0.6 is 20.0 Å². The van der Waals surface area contributed by atoms with E-state index in [0.29, 0.717) is 13.2 Å². The Morgan fingerprint density at radius 1 is 0.656 bits per heavy atom. The molecule has 0 aromatic rings. The third-order valence-electron chi connectivity index (χ3n) is 5.81. The van der Waals surface area contributed by atoms with Crippen molar-refractivity contribution in [3.63, 3.8) is 0 Å². The number of hydrogen-bond donors (Lipinski definition) is 0. The lowest BCUT2D eigenvalue weighted by atomic mass is 10.0. The summed E-state index contributed by atoms with van der Waals surface area (Å²) in [5.74, 6) is 2.27. The Kier molecular flexibility index (Phi) is 28.0. The zero-order chi connectivity index (χ0) is 23.5. The summed E-state index contributed by atoms with van der Waals surface area (Å²) in [6, 6.07) is 0. The third kappa shape index (κ3) is 25.1. The van der Waals surface area contributed by atoms with Crippen molar-refractivity contribution >= 4 is 20.0 Å². The SMILES string of the molecule is CCCCCCCCCCCCCCCCSCCCO[PH](=O)OOCCN(CC)CC. The van der Waals surface area contributed by atoms with Crippen LogP contribution in [0.4, 0.5) is 0 Å². The maximum Gasteiger partial charge on any atom is 0.347 e. The quantitative estimate of drug-likeness (QED) is 0.0494. The van der Waals surface area contributed by atoms with Gasteiger partial charge < -0.3 is 9.42 Å². The zero-order valence-corrected chi connectivity index (χ0v) is 23.4. The molecule has 0 bridgehead atoms. The molecule has 1 atom stereocenters. The number of rotatable bonds is 27. The molecule has 7 heteroatoms. The van der Waals surface area contributed by atoms with Gasteiger partial charge in [0.2, 0.25) is 0 Å². The van der Waals surface area contributed by atoms with Gasteiger partial charge in [-0.1, -0.05) is 104 Å². The molecule has 0 aliphatic rings. The van der Waals surface area contributed by atoms with E-state index in [2.05, 4.69) is 25.7 Å². The highest BCUT2D eigenvalue weighted by Crippen LogP contribution is 2.24. The minimum absolute atomic E-state index is 0.413. The van der Waals surface area contributed by atoms with Crippen LogP contribution in [0.5, 0.6) is 0 Å². The van der Waals surface area contributed by atoms with E-state index in [-0.39, 0.29) is 0 Å². The summed E-state index contributed by atoms with van der Waals surface area (Å²) in [5, 5.41) is 0. The summed E-state index contributed by atoms with van der Waals surface area (Å²) in [4.78, 5) is 7.20. The van der Waals surface area contributed by atoms with Gasteiger partial charge in [0.15, 0.2) is 0 Å². The van der Waals surface area contributed by atoms with Crippen LogP contribution in [-0.2, 0) is 18.7 Å². The first-order valence-corrected chi connectivity index (χ1v) is 15.9. The Morgan fingerprint density at radius 3 is 1.69 bits per heavy atom. The van der Waals surface area contributed by atoms with Crippen LogP contribution in [0.3, 0.4) is 0 Å². The Bertz CT molecular complexity index is 387. The molecule has 0 fully saturated rings. The molecule has 0 rings (SSSR count). The van der Waals surface area contributed by atoms with Crippen LogP contribution < -0.4 is 0 Å². The second-order valence-electron chi connectivity index (χ2n) is 8.59. The molecule has 0 saturated carbocycles. The molecule has 0 saturated heterocycles. The molecule has 0 aliphatic carbocycles. The summed E-state index contributed by atoms with van der Waals surface area (Å²) >= 11 is 1.97. The lowest BCUT2D eigenvalue weighted by Gasteiger charge is -2.16. The van der Waals surface area contributed by atoms with Crippen LogP contribution in [0.1, 0.15) is 117 Å². The number of nitrogens with zero attached hydrogens (tertiary/aromatic N) is 1. The van der Waals surface area contributed by atoms with Crippen molar-refractivity contribution in [3.05, 3.63) is 0 Å². The summed E-state index contributed by atoms with van der Waals surface area (Å²) in [6.07, 6.45) is 20.6. The van der Waals surface area contributed by atoms with E-state index in [1.54, 1.807) is 0 Å². The molecule has 0 heterocycles. The first-order chi connectivity index (χ1) is 15.7. The minimum atomic E-state index is -2.52. The third-order valence-corrected chi connectivity index (χ3v) is 7.66. The second-order valence-corrected chi connectivity index (χ2v) is 10.8. The molecule has 0 N–H and O–H groups in total. The van der Waals surface area contributed by atoms with Crippen molar-refractivity contribution in [2.24, 2.45) is 0 Å². The molecule has 0 radical (unpaired) electrons. The molecule has 0 spiro atoms. The van der Waals surface area contributed by atoms with Gasteiger partial charge in [-0.05, 0) is 37.4 Å². The van der Waals surface area contributed by atoms with E-state index in [0.717, 1.165) is 31.8 Å². The van der Waals surface area contributed by atoms with E-state index >= 15 is 0 Å². The normalized spacial score (nSPS) is 12.6. The van der Waals surface area contributed by atoms with Gasteiger partial charge in [-0.25, -0.2) is 4.89 Å². The van der Waals surface area contributed by atoms with E-state index < -0.39 is 8.25 Å². The molecule has 1 unspecified atom stereocenters. The molecule has 0 amide bonds. The van der Waals surface area contributed by atoms with Crippen LogP contribution in [0, 0.1) is 0 Å². The second kappa shape index (κ2) is 27.7. The Labute approximate surface area is 205 Å². The predicted octanol–water partition coefficient (Wildman–Crippen LogP) is 8.29. The predicted molar refractivity (Wildman–Crippen MR) is 142 cm³/mol. The highest BCUT2D eigenvalue weighted by atomic mass is 32.2. The lowest BCUT2D eigenvalue weighted by molar-refractivity contribution is -0.211. The van der Waals surface area contributed by atoms with Gasteiger partial charge >= 0.3 is 8.25 Å². The molecule has 0 aromatic carbocycles. The first-order valence-electron chi connectivity index (χ1n) is 13.5. The highest BCUT2D eigenvalue weighted by molar-refractivity contribution is 7.99. The fourth-order valence-electron chi connectivity index (χ4n) is 3.64. The van der Waals surface area contributed by atoms with Gasteiger partial charge in [0, 0.05) is 6.54 Å². The maximum atomic E-state index is 11.6. The summed E-state index contributed by atoms with van der Waals surface area (Å²) in [6.45, 7) is 10.1. The summed E-state index contributed by atoms with van der Waals surface area (Å²) in [5.41, 5.74) is 0. The smallest absolute Gasteiger partial charge is 0.309 e. The largest absolute Gasteiger partial charge is 0.347 e. The summed E-state index contributed by atoms with van der Waals surface area (Å²) < 4.78 is 21.6. The number of unbranched alkanes of at least 4 members (excludes halogenated alkanes) is 13. The molecular formula is C25H54NO4PS. The van der Waals surface area contributed by atoms with E-state index in [4.69, 9.17) is 14.1 Å². The number of likely N-dealkylation sites (N-methyl/N-ethyl adjacent to an activating group) is 1. The molecule has 0 aromatic heterocycles. The van der Waals surface area contributed by atoms with Gasteiger partial charge in [-0.3, -0.25) is 4.57 Å². The monoisotopic (exact) mass is 495 g/mol. The Morgan fingerprint density at radius 2 is 1.16 bits per heavy atom. The zero-order valence-electron chi connectivity index (χ0n) is 21.5. The molecular weight excluding hydrogens is 441 g/mol. The van der Waals surface area contributed by atoms with Crippen molar-refractivity contribution in [3.8, 4) is 0 Å². The Balaban J connectivity index is 3.16. The molecule has 194 valence electrons. The van der Waals surface area contributed by atoms with Gasteiger partial charge in [-0.15, -0.1) is 0 Å². The average Bonchev–Trinajstić information content (AvgIpc) is 2.80. The average molecular weight is 496 g/mol. The van der Waals surface area contributed by atoms with Crippen LogP contribution in [0.2, 0.25) is 0 Å². The van der Waals surface area contributed by atoms with Gasteiger partial charge in [0.1, 0.15) is 0 Å². The van der Waals surface area contributed by atoms with Gasteiger partial charge in [0.25, 0.3) is 0 Å². The Hall–Kier alpha value is 0.420. The van der Waals surface area contributed by atoms with Gasteiger partial charge in [0.05, 0.1) is 13.2 Å². The van der Waals surface area contributed by atoms with Crippen molar-refractivity contribution in [2.75, 3.05) is 44.4 Å². The minimum Gasteiger partial charge on any atom is -0.309 e. The van der Waals surface area contributed by atoms with Crippen LogP contribution in [-0.4, -0.2) is 49.3 Å². The maximum absolute atomic E-state index is 11.6. The topological polar surface area (TPSA) is 48.0 Å². The van der Waals surface area contributed by atoms with Crippen LogP contribution in [0.15, 0.2) is 0 Å². The van der Waals surface area contributed by atoms with Gasteiger partial charge in [-0.2, -0.15) is 16.4 Å². The standard InChI is InChI=1S/C25H54NO4PS/c1-4-7-8-9-10-11-12-13-14-15-16-17-18-19-24-32-25-20-22-29-31(27)30-28-23-21-26(5-2)6-3/h31H,4-25H2,1-3H3. The first kappa shape index (κ1) is 32.4. The van der Waals surface area contributed by atoms with E-state index in [9.17, 15) is 4.57 Å². The fourth-order valence-corrected chi connectivity index (χ4v) is 5.11. The molecule has 0 aliphatic heterocycles. The molecule has 32 heavy (non-hydrogen) atoms. The van der Waals surface area contributed by atoms with Crippen molar-refractivity contribution < 1.29 is 18.7 Å². The fraction of sp³-hybridized carbons (Fsp3) is 1.00. The van der Waals surface area contributed by atoms with E-state index in [1.165, 1.54) is 95.6 Å². The van der Waals surface area contributed by atoms with E-state index in [1.807, 2.05) is 11.8 Å². The van der Waals surface area contributed by atoms with Crippen molar-refractivity contribution in [1.29, 1.82) is 0 Å². The number of hydrogen-bond acceptors (Lipinski definition) is 6. The van der Waals surface area contributed by atoms with Crippen LogP contribution in [0.25, 0.3) is 0 Å². The van der Waals surface area contributed by atoms with Crippen molar-refractivity contribution in [2.45, 2.75) is 117 Å². The summed E-state index contributed by atoms with van der Waals surface area (Å²) in [7, 11) is -2.52. The highest BCUT2D eigenvalue weighted by Gasteiger charge is 2.03. The number of thioether (sulfide) groups is 1.